The van der Waals surface area contributed by atoms with Crippen molar-refractivity contribution in [3.8, 4) is 11.3 Å². The molecule has 0 bridgehead atoms. The van der Waals surface area contributed by atoms with Crippen LogP contribution in [0.2, 0.25) is 5.02 Å². The Bertz CT molecular complexity index is 1280. The lowest BCUT2D eigenvalue weighted by Crippen LogP contribution is -2.35. The number of carbonyl (C=O) groups is 1. The van der Waals surface area contributed by atoms with Crippen molar-refractivity contribution >= 4 is 51.4 Å². The van der Waals surface area contributed by atoms with E-state index in [-0.39, 0.29) is 11.4 Å². The average molecular weight is 433 g/mol. The van der Waals surface area contributed by atoms with E-state index in [1.54, 1.807) is 18.2 Å². The van der Waals surface area contributed by atoms with Crippen LogP contribution in [0.5, 0.6) is 0 Å². The van der Waals surface area contributed by atoms with Gasteiger partial charge in [0.25, 0.3) is 5.91 Å². The smallest absolute Gasteiger partial charge is 0.283 e. The third-order valence-corrected chi connectivity index (χ3v) is 5.82. The number of amides is 1. The Morgan fingerprint density at radius 3 is 2.60 bits per heavy atom. The Balaban J connectivity index is 1.46. The van der Waals surface area contributed by atoms with Crippen molar-refractivity contribution in [1.82, 2.24) is 5.01 Å². The van der Waals surface area contributed by atoms with E-state index in [4.69, 9.17) is 21.4 Å². The molecular weight excluding hydrogens is 420 g/mol. The number of hydrogen-bond acceptors (Lipinski definition) is 5. The Labute approximate surface area is 181 Å². The number of nitrogens with one attached hydrogen (secondary N) is 1. The van der Waals surface area contributed by atoms with E-state index in [1.807, 2.05) is 48.5 Å². The van der Waals surface area contributed by atoms with Crippen LogP contribution in [0.1, 0.15) is 11.3 Å². The van der Waals surface area contributed by atoms with Crippen LogP contribution < -0.4 is 0 Å². The molecule has 1 aromatic heterocycles. The number of nitrogens with zero attached hydrogens (tertiary/aromatic N) is 3. The molecule has 0 fully saturated rings. The monoisotopic (exact) mass is 432 g/mol. The molecule has 0 spiro atoms. The molecule has 3 aromatic rings. The van der Waals surface area contributed by atoms with E-state index in [0.29, 0.717) is 26.8 Å². The number of aliphatic imine (C=N–C) groups is 1. The third kappa shape index (κ3) is 3.28. The summed E-state index contributed by atoms with van der Waals surface area (Å²) in [7, 11) is 0. The number of carbonyl (C=O) groups excluding carboxylic acids is 1. The van der Waals surface area contributed by atoms with Crippen LogP contribution in [-0.4, -0.2) is 27.0 Å². The zero-order chi connectivity index (χ0) is 20.7. The predicted octanol–water partition coefficient (Wildman–Crippen LogP) is 5.27. The van der Waals surface area contributed by atoms with Crippen LogP contribution in [0.25, 0.3) is 17.4 Å². The average Bonchev–Trinajstić information content (AvgIpc) is 3.39. The van der Waals surface area contributed by atoms with Gasteiger partial charge in [-0.1, -0.05) is 54.1 Å². The molecule has 0 unspecified atom stereocenters. The first-order chi connectivity index (χ1) is 14.6. The zero-order valence-electron chi connectivity index (χ0n) is 15.4. The Morgan fingerprint density at radius 1 is 1.03 bits per heavy atom. The van der Waals surface area contributed by atoms with Crippen LogP contribution in [-0.2, 0) is 4.79 Å². The molecule has 3 heterocycles. The molecule has 5 rings (SSSR count). The van der Waals surface area contributed by atoms with Crippen molar-refractivity contribution < 1.29 is 9.21 Å². The first kappa shape index (κ1) is 18.6. The number of thioether (sulfide) groups is 1. The van der Waals surface area contributed by atoms with Gasteiger partial charge in [0.2, 0.25) is 5.17 Å². The van der Waals surface area contributed by atoms with Crippen molar-refractivity contribution in [1.29, 1.82) is 5.41 Å². The number of hydrazone groups is 1. The highest BCUT2D eigenvalue weighted by Gasteiger charge is 2.36. The Morgan fingerprint density at radius 2 is 1.80 bits per heavy atom. The first-order valence-electron chi connectivity index (χ1n) is 9.00. The molecule has 8 heteroatoms. The molecule has 146 valence electrons. The second kappa shape index (κ2) is 7.44. The minimum Gasteiger partial charge on any atom is -0.457 e. The molecule has 2 aromatic carbocycles. The molecule has 1 N–H and O–H groups in total. The fourth-order valence-electron chi connectivity index (χ4n) is 3.07. The molecule has 0 saturated heterocycles. The van der Waals surface area contributed by atoms with E-state index in [1.165, 1.54) is 22.8 Å². The molecule has 0 atom stereocenters. The summed E-state index contributed by atoms with van der Waals surface area (Å²) in [5, 5.41) is 16.0. The Hall–Kier alpha value is -3.42. The molecule has 30 heavy (non-hydrogen) atoms. The van der Waals surface area contributed by atoms with Gasteiger partial charge in [0.1, 0.15) is 16.6 Å². The summed E-state index contributed by atoms with van der Waals surface area (Å²) < 4.78 is 5.83. The van der Waals surface area contributed by atoms with Gasteiger partial charge in [-0.25, -0.2) is 0 Å². The molecule has 0 radical (unpaired) electrons. The van der Waals surface area contributed by atoms with E-state index < -0.39 is 5.91 Å². The largest absolute Gasteiger partial charge is 0.457 e. The van der Waals surface area contributed by atoms with Gasteiger partial charge in [0.15, 0.2) is 5.84 Å². The van der Waals surface area contributed by atoms with Gasteiger partial charge in [0, 0.05) is 11.1 Å². The standard InChI is InChI=1S/C22H13ClN4O2S/c23-17-9-5-4-8-15(17)18-11-10-14(29-18)12-16-19(24)27-22(25-20(16)28)30-21(26-27)13-6-2-1-3-7-13/h1-12,24H. The molecule has 2 aliphatic heterocycles. The maximum atomic E-state index is 12.6. The van der Waals surface area contributed by atoms with Crippen molar-refractivity contribution in [3.63, 3.8) is 0 Å². The van der Waals surface area contributed by atoms with Crippen LogP contribution in [0.3, 0.4) is 0 Å². The zero-order valence-corrected chi connectivity index (χ0v) is 16.9. The lowest BCUT2D eigenvalue weighted by Gasteiger charge is -2.19. The maximum Gasteiger partial charge on any atom is 0.283 e. The van der Waals surface area contributed by atoms with Gasteiger partial charge >= 0.3 is 0 Å². The minimum absolute atomic E-state index is 0.0425. The summed E-state index contributed by atoms with van der Waals surface area (Å²) >= 11 is 7.49. The highest BCUT2D eigenvalue weighted by Crippen LogP contribution is 2.32. The molecule has 2 aliphatic rings. The van der Waals surface area contributed by atoms with Gasteiger partial charge in [-0.3, -0.25) is 10.2 Å². The molecule has 0 saturated carbocycles. The first-order valence-corrected chi connectivity index (χ1v) is 10.2. The van der Waals surface area contributed by atoms with Crippen LogP contribution >= 0.6 is 23.4 Å². The van der Waals surface area contributed by atoms with Crippen molar-refractivity contribution in [3.05, 3.63) is 88.6 Å². The van der Waals surface area contributed by atoms with Gasteiger partial charge in [-0.15, -0.1) is 0 Å². The second-order valence-corrected chi connectivity index (χ2v) is 7.84. The number of furan rings is 1. The van der Waals surface area contributed by atoms with Crippen molar-refractivity contribution in [2.24, 2.45) is 10.1 Å². The van der Waals surface area contributed by atoms with E-state index in [0.717, 1.165) is 11.1 Å². The summed E-state index contributed by atoms with van der Waals surface area (Å²) in [6, 6.07) is 20.4. The number of hydrogen-bond donors (Lipinski definition) is 1. The summed E-state index contributed by atoms with van der Waals surface area (Å²) in [4.78, 5) is 16.7. The van der Waals surface area contributed by atoms with E-state index >= 15 is 0 Å². The molecule has 6 nitrogen and oxygen atoms in total. The quantitative estimate of drug-likeness (QED) is 0.572. The Kier molecular flexibility index (Phi) is 4.61. The van der Waals surface area contributed by atoms with Crippen molar-refractivity contribution in [2.45, 2.75) is 0 Å². The number of halogens is 1. The molecule has 1 amide bonds. The summed E-state index contributed by atoms with van der Waals surface area (Å²) in [6.45, 7) is 0. The lowest BCUT2D eigenvalue weighted by atomic mass is 10.1. The fourth-order valence-corrected chi connectivity index (χ4v) is 4.19. The van der Waals surface area contributed by atoms with Crippen molar-refractivity contribution in [2.75, 3.05) is 0 Å². The van der Waals surface area contributed by atoms with Crippen LogP contribution in [0.4, 0.5) is 0 Å². The third-order valence-electron chi connectivity index (χ3n) is 4.53. The summed E-state index contributed by atoms with van der Waals surface area (Å²) in [5.41, 5.74) is 1.76. The number of benzene rings is 2. The molecular formula is C22H13ClN4O2S. The van der Waals surface area contributed by atoms with E-state index in [2.05, 4.69) is 10.1 Å². The van der Waals surface area contributed by atoms with Gasteiger partial charge in [-0.2, -0.15) is 15.1 Å². The molecule has 0 aliphatic carbocycles. The topological polar surface area (TPSA) is 82.0 Å². The summed E-state index contributed by atoms with van der Waals surface area (Å²) in [6.07, 6.45) is 1.51. The highest BCUT2D eigenvalue weighted by molar-refractivity contribution is 8.27. The summed E-state index contributed by atoms with van der Waals surface area (Å²) in [5.74, 6) is 0.460. The van der Waals surface area contributed by atoms with Crippen LogP contribution in [0.15, 0.2) is 86.8 Å². The lowest BCUT2D eigenvalue weighted by molar-refractivity contribution is -0.114. The van der Waals surface area contributed by atoms with Gasteiger partial charge in [0.05, 0.1) is 10.6 Å². The second-order valence-electron chi connectivity index (χ2n) is 6.47. The van der Waals surface area contributed by atoms with E-state index in [9.17, 15) is 4.79 Å². The number of amidine groups is 2. The van der Waals surface area contributed by atoms with Crippen LogP contribution in [0, 0.1) is 5.41 Å². The fraction of sp³-hybridized carbons (Fsp3) is 0. The minimum atomic E-state index is -0.501. The maximum absolute atomic E-state index is 12.6. The highest BCUT2D eigenvalue weighted by atomic mass is 35.5. The normalized spacial score (nSPS) is 17.2. The number of fused-ring (bicyclic) bond motifs is 1. The number of rotatable bonds is 3. The van der Waals surface area contributed by atoms with Gasteiger partial charge in [-0.05, 0) is 42.1 Å². The predicted molar refractivity (Wildman–Crippen MR) is 120 cm³/mol. The van der Waals surface area contributed by atoms with Gasteiger partial charge < -0.3 is 4.42 Å². The SMILES string of the molecule is N=C1C(=Cc2ccc(-c3ccccc3Cl)o2)C(=O)N=C2SC(c3ccccc3)=NN12.